The standard InChI is InChI=1S/C12H12F2O4/c13-12(14)18-8-3-4-9(11(15)16)10(5-8)17-6-7-1-2-7/h3-5,7,12H,1-2,6H2,(H,15,16). The van der Waals surface area contributed by atoms with E-state index in [9.17, 15) is 13.6 Å². The van der Waals surface area contributed by atoms with E-state index in [4.69, 9.17) is 9.84 Å². The number of carboxylic acid groups (broad SMARTS) is 1. The van der Waals surface area contributed by atoms with Gasteiger partial charge in [-0.1, -0.05) is 0 Å². The third kappa shape index (κ3) is 3.32. The van der Waals surface area contributed by atoms with Gasteiger partial charge in [0.05, 0.1) is 6.61 Å². The van der Waals surface area contributed by atoms with Crippen molar-refractivity contribution in [2.75, 3.05) is 6.61 Å². The van der Waals surface area contributed by atoms with Gasteiger partial charge in [0.15, 0.2) is 0 Å². The van der Waals surface area contributed by atoms with Crippen LogP contribution in [0.3, 0.4) is 0 Å². The molecule has 0 aromatic heterocycles. The van der Waals surface area contributed by atoms with Gasteiger partial charge in [0.2, 0.25) is 0 Å². The summed E-state index contributed by atoms with van der Waals surface area (Å²) in [4.78, 5) is 10.9. The molecular weight excluding hydrogens is 246 g/mol. The number of carboxylic acids is 1. The fraction of sp³-hybridized carbons (Fsp3) is 0.417. The highest BCUT2D eigenvalue weighted by molar-refractivity contribution is 5.91. The van der Waals surface area contributed by atoms with Gasteiger partial charge in [-0.3, -0.25) is 0 Å². The van der Waals surface area contributed by atoms with E-state index in [1.54, 1.807) is 0 Å². The number of ether oxygens (including phenoxy) is 2. The van der Waals surface area contributed by atoms with Gasteiger partial charge in [-0.15, -0.1) is 0 Å². The average molecular weight is 258 g/mol. The molecule has 0 amide bonds. The van der Waals surface area contributed by atoms with Crippen molar-refractivity contribution in [3.8, 4) is 11.5 Å². The summed E-state index contributed by atoms with van der Waals surface area (Å²) in [7, 11) is 0. The second kappa shape index (κ2) is 5.20. The summed E-state index contributed by atoms with van der Waals surface area (Å²) in [5.74, 6) is -0.774. The van der Waals surface area contributed by atoms with Crippen molar-refractivity contribution < 1.29 is 28.2 Å². The van der Waals surface area contributed by atoms with Crippen molar-refractivity contribution in [3.63, 3.8) is 0 Å². The first kappa shape index (κ1) is 12.6. The van der Waals surface area contributed by atoms with E-state index >= 15 is 0 Å². The first-order chi connectivity index (χ1) is 8.56. The number of aromatic carboxylic acids is 1. The quantitative estimate of drug-likeness (QED) is 0.852. The van der Waals surface area contributed by atoms with Crippen LogP contribution in [0.4, 0.5) is 8.78 Å². The molecular formula is C12H12F2O4. The summed E-state index contributed by atoms with van der Waals surface area (Å²) in [6, 6.07) is 3.56. The molecule has 1 aliphatic rings. The Morgan fingerprint density at radius 2 is 2.17 bits per heavy atom. The van der Waals surface area contributed by atoms with Gasteiger partial charge in [-0.05, 0) is 30.9 Å². The predicted octanol–water partition coefficient (Wildman–Crippen LogP) is 2.78. The van der Waals surface area contributed by atoms with Crippen LogP contribution in [0.15, 0.2) is 18.2 Å². The lowest BCUT2D eigenvalue weighted by molar-refractivity contribution is -0.0499. The lowest BCUT2D eigenvalue weighted by Crippen LogP contribution is -2.07. The Kier molecular flexibility index (Phi) is 3.64. The second-order valence-corrected chi connectivity index (χ2v) is 4.10. The number of rotatable bonds is 6. The SMILES string of the molecule is O=C(O)c1ccc(OC(F)F)cc1OCC1CC1. The van der Waals surface area contributed by atoms with Crippen LogP contribution in [0, 0.1) is 5.92 Å². The van der Waals surface area contributed by atoms with E-state index in [0.717, 1.165) is 12.8 Å². The number of carbonyl (C=O) groups is 1. The topological polar surface area (TPSA) is 55.8 Å². The molecule has 18 heavy (non-hydrogen) atoms. The van der Waals surface area contributed by atoms with Crippen molar-refractivity contribution in [1.29, 1.82) is 0 Å². The minimum absolute atomic E-state index is 0.0581. The van der Waals surface area contributed by atoms with Crippen LogP contribution in [0.2, 0.25) is 0 Å². The van der Waals surface area contributed by atoms with Gasteiger partial charge in [0.25, 0.3) is 0 Å². The number of hydrogen-bond donors (Lipinski definition) is 1. The van der Waals surface area contributed by atoms with Crippen molar-refractivity contribution in [2.24, 2.45) is 5.92 Å². The lowest BCUT2D eigenvalue weighted by atomic mass is 10.2. The number of halogens is 2. The highest BCUT2D eigenvalue weighted by Crippen LogP contribution is 2.32. The molecule has 98 valence electrons. The Bertz CT molecular complexity index is 444. The van der Waals surface area contributed by atoms with Gasteiger partial charge in [0, 0.05) is 6.07 Å². The molecule has 0 atom stereocenters. The van der Waals surface area contributed by atoms with Crippen LogP contribution in [0.25, 0.3) is 0 Å². The van der Waals surface area contributed by atoms with E-state index in [1.807, 2.05) is 0 Å². The Morgan fingerprint density at radius 1 is 1.44 bits per heavy atom. The van der Waals surface area contributed by atoms with Gasteiger partial charge < -0.3 is 14.6 Å². The molecule has 1 N–H and O–H groups in total. The highest BCUT2D eigenvalue weighted by Gasteiger charge is 2.23. The van der Waals surface area contributed by atoms with E-state index in [0.29, 0.717) is 12.5 Å². The Hall–Kier alpha value is -1.85. The van der Waals surface area contributed by atoms with Gasteiger partial charge in [0.1, 0.15) is 17.1 Å². The average Bonchev–Trinajstić information content (AvgIpc) is 3.09. The van der Waals surface area contributed by atoms with Crippen LogP contribution >= 0.6 is 0 Å². The summed E-state index contributed by atoms with van der Waals surface area (Å²) in [6.45, 7) is -2.55. The number of benzene rings is 1. The van der Waals surface area contributed by atoms with Crippen LogP contribution < -0.4 is 9.47 Å². The van der Waals surface area contributed by atoms with Gasteiger partial charge in [-0.25, -0.2) is 4.79 Å². The van der Waals surface area contributed by atoms with Crippen molar-refractivity contribution in [3.05, 3.63) is 23.8 Å². The van der Waals surface area contributed by atoms with E-state index in [2.05, 4.69) is 4.74 Å². The minimum Gasteiger partial charge on any atom is -0.492 e. The molecule has 0 unspecified atom stereocenters. The Balaban J connectivity index is 2.15. The van der Waals surface area contributed by atoms with Crippen LogP contribution in [-0.4, -0.2) is 24.3 Å². The molecule has 6 heteroatoms. The lowest BCUT2D eigenvalue weighted by Gasteiger charge is -2.11. The molecule has 1 aromatic rings. The maximum atomic E-state index is 12.1. The fourth-order valence-electron chi connectivity index (χ4n) is 1.47. The molecule has 0 heterocycles. The summed E-state index contributed by atoms with van der Waals surface area (Å²) >= 11 is 0. The van der Waals surface area contributed by atoms with Crippen molar-refractivity contribution in [1.82, 2.24) is 0 Å². The Morgan fingerprint density at radius 3 is 2.72 bits per heavy atom. The summed E-state index contributed by atoms with van der Waals surface area (Å²) in [5, 5.41) is 8.95. The molecule has 1 aromatic carbocycles. The van der Waals surface area contributed by atoms with Gasteiger partial charge in [-0.2, -0.15) is 8.78 Å². The van der Waals surface area contributed by atoms with Gasteiger partial charge >= 0.3 is 12.6 Å². The van der Waals surface area contributed by atoms with Crippen LogP contribution in [0.5, 0.6) is 11.5 Å². The fourth-order valence-corrected chi connectivity index (χ4v) is 1.47. The maximum Gasteiger partial charge on any atom is 0.387 e. The predicted molar refractivity (Wildman–Crippen MR) is 58.3 cm³/mol. The molecule has 0 bridgehead atoms. The summed E-state index contributed by atoms with van der Waals surface area (Å²) in [5.41, 5.74) is -0.0581. The zero-order valence-corrected chi connectivity index (χ0v) is 9.44. The van der Waals surface area contributed by atoms with Crippen molar-refractivity contribution >= 4 is 5.97 Å². The second-order valence-electron chi connectivity index (χ2n) is 4.10. The largest absolute Gasteiger partial charge is 0.492 e. The minimum atomic E-state index is -2.95. The maximum absolute atomic E-state index is 12.1. The Labute approximate surface area is 102 Å². The third-order valence-electron chi connectivity index (χ3n) is 2.58. The van der Waals surface area contributed by atoms with E-state index in [-0.39, 0.29) is 17.1 Å². The summed E-state index contributed by atoms with van der Waals surface area (Å²) in [6.07, 6.45) is 2.10. The highest BCUT2D eigenvalue weighted by atomic mass is 19.3. The zero-order valence-electron chi connectivity index (χ0n) is 9.44. The smallest absolute Gasteiger partial charge is 0.387 e. The molecule has 1 saturated carbocycles. The first-order valence-electron chi connectivity index (χ1n) is 5.51. The molecule has 1 fully saturated rings. The molecule has 0 radical (unpaired) electrons. The molecule has 0 saturated heterocycles. The molecule has 0 spiro atoms. The number of hydrogen-bond acceptors (Lipinski definition) is 3. The van der Waals surface area contributed by atoms with Crippen LogP contribution in [0.1, 0.15) is 23.2 Å². The normalized spacial score (nSPS) is 14.6. The molecule has 4 nitrogen and oxygen atoms in total. The monoisotopic (exact) mass is 258 g/mol. The van der Waals surface area contributed by atoms with E-state index < -0.39 is 12.6 Å². The summed E-state index contributed by atoms with van der Waals surface area (Å²) < 4.78 is 33.7. The molecule has 0 aliphatic heterocycles. The molecule has 1 aliphatic carbocycles. The van der Waals surface area contributed by atoms with Crippen LogP contribution in [-0.2, 0) is 0 Å². The number of alkyl halides is 2. The van der Waals surface area contributed by atoms with E-state index in [1.165, 1.54) is 18.2 Å². The third-order valence-corrected chi connectivity index (χ3v) is 2.58. The molecule has 2 rings (SSSR count). The van der Waals surface area contributed by atoms with Crippen molar-refractivity contribution in [2.45, 2.75) is 19.5 Å². The zero-order chi connectivity index (χ0) is 13.1. The first-order valence-corrected chi connectivity index (χ1v) is 5.51.